The molecule has 0 saturated carbocycles. The molecule has 2 saturated heterocycles. The maximum Gasteiger partial charge on any atom is 0.161 e. The van der Waals surface area contributed by atoms with Crippen LogP contribution in [0.25, 0.3) is 0 Å². The standard InChI is InChI=1S/C15H20N2O2/c1-2-4-15-14(3-1)18-10-13(19-15)9-17-7-11-5-16-6-12(11)8-17/h1-4,11-13,16H,5-10H2/t11-,12+,13?. The molecule has 1 aromatic carbocycles. The van der Waals surface area contributed by atoms with Gasteiger partial charge in [0.05, 0.1) is 0 Å². The van der Waals surface area contributed by atoms with E-state index in [0.29, 0.717) is 6.61 Å². The molecule has 4 heteroatoms. The predicted octanol–water partition coefficient (Wildman–Crippen LogP) is 0.978. The maximum absolute atomic E-state index is 6.03. The zero-order chi connectivity index (χ0) is 12.7. The maximum atomic E-state index is 6.03. The monoisotopic (exact) mass is 260 g/mol. The number of ether oxygens (including phenoxy) is 2. The second-order valence-corrected chi connectivity index (χ2v) is 5.89. The third kappa shape index (κ3) is 2.19. The summed E-state index contributed by atoms with van der Waals surface area (Å²) < 4.78 is 11.8. The van der Waals surface area contributed by atoms with Crippen molar-refractivity contribution in [3.05, 3.63) is 24.3 Å². The average Bonchev–Trinajstić information content (AvgIpc) is 2.99. The van der Waals surface area contributed by atoms with Crippen LogP contribution < -0.4 is 14.8 Å². The van der Waals surface area contributed by atoms with E-state index in [1.807, 2.05) is 24.3 Å². The molecule has 4 nitrogen and oxygen atoms in total. The van der Waals surface area contributed by atoms with Crippen molar-refractivity contribution in [3.63, 3.8) is 0 Å². The van der Waals surface area contributed by atoms with E-state index < -0.39 is 0 Å². The van der Waals surface area contributed by atoms with Crippen molar-refractivity contribution in [2.24, 2.45) is 11.8 Å². The van der Waals surface area contributed by atoms with Crippen molar-refractivity contribution < 1.29 is 9.47 Å². The first-order valence-electron chi connectivity index (χ1n) is 7.20. The van der Waals surface area contributed by atoms with E-state index in [2.05, 4.69) is 10.2 Å². The van der Waals surface area contributed by atoms with Crippen molar-refractivity contribution in [2.75, 3.05) is 39.3 Å². The Kier molecular flexibility index (Phi) is 2.85. The first-order valence-corrected chi connectivity index (χ1v) is 7.20. The number of hydrogen-bond donors (Lipinski definition) is 1. The van der Waals surface area contributed by atoms with Gasteiger partial charge in [-0.05, 0) is 37.1 Å². The highest BCUT2D eigenvalue weighted by atomic mass is 16.6. The van der Waals surface area contributed by atoms with Gasteiger partial charge in [0.1, 0.15) is 12.7 Å². The summed E-state index contributed by atoms with van der Waals surface area (Å²) in [6, 6.07) is 7.94. The number of para-hydroxylation sites is 2. The molecular formula is C15H20N2O2. The van der Waals surface area contributed by atoms with Crippen LogP contribution in [0.5, 0.6) is 11.5 Å². The van der Waals surface area contributed by atoms with E-state index in [1.165, 1.54) is 26.2 Å². The van der Waals surface area contributed by atoms with Crippen molar-refractivity contribution in [1.82, 2.24) is 10.2 Å². The van der Waals surface area contributed by atoms with Crippen molar-refractivity contribution in [3.8, 4) is 11.5 Å². The fraction of sp³-hybridized carbons (Fsp3) is 0.600. The lowest BCUT2D eigenvalue weighted by Gasteiger charge is -2.29. The molecule has 1 N–H and O–H groups in total. The highest BCUT2D eigenvalue weighted by Gasteiger charge is 2.37. The zero-order valence-electron chi connectivity index (χ0n) is 11.0. The smallest absolute Gasteiger partial charge is 0.161 e. The van der Waals surface area contributed by atoms with Crippen LogP contribution in [-0.2, 0) is 0 Å². The number of likely N-dealkylation sites (tertiary alicyclic amines) is 1. The van der Waals surface area contributed by atoms with Gasteiger partial charge in [-0.15, -0.1) is 0 Å². The van der Waals surface area contributed by atoms with Gasteiger partial charge in [-0.3, -0.25) is 4.90 Å². The summed E-state index contributed by atoms with van der Waals surface area (Å²) in [5, 5.41) is 3.48. The highest BCUT2D eigenvalue weighted by Crippen LogP contribution is 2.32. The van der Waals surface area contributed by atoms with E-state index in [4.69, 9.17) is 9.47 Å². The number of benzene rings is 1. The van der Waals surface area contributed by atoms with E-state index >= 15 is 0 Å². The van der Waals surface area contributed by atoms with E-state index in [0.717, 1.165) is 29.9 Å². The normalized spacial score (nSPS) is 33.4. The lowest BCUT2D eigenvalue weighted by atomic mass is 10.0. The van der Waals surface area contributed by atoms with Crippen molar-refractivity contribution in [1.29, 1.82) is 0 Å². The molecule has 4 rings (SSSR count). The van der Waals surface area contributed by atoms with Crippen molar-refractivity contribution in [2.45, 2.75) is 6.10 Å². The van der Waals surface area contributed by atoms with Crippen LogP contribution >= 0.6 is 0 Å². The molecule has 0 aliphatic carbocycles. The second kappa shape index (κ2) is 4.69. The summed E-state index contributed by atoms with van der Waals surface area (Å²) in [5.41, 5.74) is 0. The molecule has 19 heavy (non-hydrogen) atoms. The topological polar surface area (TPSA) is 33.7 Å². The van der Waals surface area contributed by atoms with Gasteiger partial charge >= 0.3 is 0 Å². The average molecular weight is 260 g/mol. The number of rotatable bonds is 2. The van der Waals surface area contributed by atoms with Gasteiger partial charge in [0, 0.05) is 19.6 Å². The van der Waals surface area contributed by atoms with Crippen molar-refractivity contribution >= 4 is 0 Å². The fourth-order valence-corrected chi connectivity index (χ4v) is 3.54. The van der Waals surface area contributed by atoms with Crippen LogP contribution in [0, 0.1) is 11.8 Å². The summed E-state index contributed by atoms with van der Waals surface area (Å²) in [4.78, 5) is 2.54. The molecule has 0 aromatic heterocycles. The van der Waals surface area contributed by atoms with Gasteiger partial charge in [-0.2, -0.15) is 0 Å². The number of nitrogens with zero attached hydrogens (tertiary/aromatic N) is 1. The molecule has 0 radical (unpaired) electrons. The SMILES string of the molecule is c1ccc2c(c1)OCC(CN1C[C@H]3CNC[C@H]3C1)O2. The molecular weight excluding hydrogens is 240 g/mol. The number of fused-ring (bicyclic) bond motifs is 2. The minimum Gasteiger partial charge on any atom is -0.486 e. The Bertz CT molecular complexity index is 453. The molecule has 2 fully saturated rings. The zero-order valence-corrected chi connectivity index (χ0v) is 11.0. The molecule has 3 aliphatic heterocycles. The lowest BCUT2D eigenvalue weighted by Crippen LogP contribution is -2.41. The Morgan fingerprint density at radius 3 is 2.63 bits per heavy atom. The predicted molar refractivity (Wildman–Crippen MR) is 72.6 cm³/mol. The van der Waals surface area contributed by atoms with Crippen LogP contribution in [0.1, 0.15) is 0 Å². The Balaban J connectivity index is 1.38. The molecule has 3 atom stereocenters. The molecule has 0 spiro atoms. The van der Waals surface area contributed by atoms with E-state index in [9.17, 15) is 0 Å². The molecule has 0 bridgehead atoms. The van der Waals surface area contributed by atoms with Gasteiger partial charge in [0.25, 0.3) is 0 Å². The summed E-state index contributed by atoms with van der Waals surface area (Å²) in [6.07, 6.45) is 0.168. The molecule has 3 heterocycles. The van der Waals surface area contributed by atoms with E-state index in [-0.39, 0.29) is 6.10 Å². The number of nitrogens with one attached hydrogen (secondary N) is 1. The first-order chi connectivity index (χ1) is 9.38. The quantitative estimate of drug-likeness (QED) is 0.859. The number of hydrogen-bond acceptors (Lipinski definition) is 4. The van der Waals surface area contributed by atoms with Gasteiger partial charge in [-0.25, -0.2) is 0 Å². The molecule has 0 amide bonds. The molecule has 1 unspecified atom stereocenters. The summed E-state index contributed by atoms with van der Waals surface area (Å²) in [7, 11) is 0. The largest absolute Gasteiger partial charge is 0.486 e. The van der Waals surface area contributed by atoms with Crippen LogP contribution in [0.15, 0.2) is 24.3 Å². The third-order valence-electron chi connectivity index (χ3n) is 4.49. The Labute approximate surface area is 113 Å². The lowest BCUT2D eigenvalue weighted by molar-refractivity contribution is 0.0632. The minimum atomic E-state index is 0.168. The molecule has 1 aromatic rings. The summed E-state index contributed by atoms with van der Waals surface area (Å²) in [5.74, 6) is 3.45. The van der Waals surface area contributed by atoms with Gasteiger partial charge in [0.15, 0.2) is 11.5 Å². The molecule has 3 aliphatic rings. The van der Waals surface area contributed by atoms with Crippen LogP contribution in [0.4, 0.5) is 0 Å². The summed E-state index contributed by atoms with van der Waals surface area (Å²) >= 11 is 0. The van der Waals surface area contributed by atoms with Gasteiger partial charge in [0.2, 0.25) is 0 Å². The van der Waals surface area contributed by atoms with Gasteiger partial charge in [-0.1, -0.05) is 12.1 Å². The van der Waals surface area contributed by atoms with Crippen LogP contribution in [0.3, 0.4) is 0 Å². The fourth-order valence-electron chi connectivity index (χ4n) is 3.54. The summed E-state index contributed by atoms with van der Waals surface area (Å²) in [6.45, 7) is 6.44. The highest BCUT2D eigenvalue weighted by molar-refractivity contribution is 5.40. The van der Waals surface area contributed by atoms with Gasteiger partial charge < -0.3 is 14.8 Å². The third-order valence-corrected chi connectivity index (χ3v) is 4.49. The van der Waals surface area contributed by atoms with Crippen LogP contribution in [0.2, 0.25) is 0 Å². The Hall–Kier alpha value is -1.26. The van der Waals surface area contributed by atoms with E-state index in [1.54, 1.807) is 0 Å². The Morgan fingerprint density at radius 2 is 1.84 bits per heavy atom. The van der Waals surface area contributed by atoms with Crippen LogP contribution in [-0.4, -0.2) is 50.3 Å². The molecule has 102 valence electrons. The first kappa shape index (κ1) is 11.6. The Morgan fingerprint density at radius 1 is 1.11 bits per heavy atom. The minimum absolute atomic E-state index is 0.168. The second-order valence-electron chi connectivity index (χ2n) is 5.89.